The third-order valence-corrected chi connectivity index (χ3v) is 4.26. The first-order valence-electron chi connectivity index (χ1n) is 5.12. The van der Waals surface area contributed by atoms with Crippen LogP contribution in [0.4, 0.5) is 4.39 Å². The molecule has 0 spiro atoms. The minimum atomic E-state index is -3.36. The molecule has 1 aliphatic rings. The highest BCUT2D eigenvalue weighted by molar-refractivity contribution is 7.90. The summed E-state index contributed by atoms with van der Waals surface area (Å²) in [6.45, 7) is 0. The molecule has 1 saturated carbocycles. The second-order valence-electron chi connectivity index (χ2n) is 4.42. The molecule has 0 aliphatic heterocycles. The van der Waals surface area contributed by atoms with Gasteiger partial charge in [0.2, 0.25) is 0 Å². The Morgan fingerprint density at radius 3 is 2.38 bits per heavy atom. The van der Waals surface area contributed by atoms with Gasteiger partial charge in [-0.05, 0) is 31.4 Å². The van der Waals surface area contributed by atoms with Crippen molar-refractivity contribution in [3.05, 3.63) is 29.6 Å². The number of nitrogens with two attached hydrogens (primary N) is 1. The van der Waals surface area contributed by atoms with Crippen LogP contribution in [0.2, 0.25) is 0 Å². The van der Waals surface area contributed by atoms with Crippen LogP contribution in [0.5, 0.6) is 0 Å². The van der Waals surface area contributed by atoms with Crippen molar-refractivity contribution in [3.63, 3.8) is 0 Å². The highest BCUT2D eigenvalue weighted by Crippen LogP contribution is 2.40. The summed E-state index contributed by atoms with van der Waals surface area (Å²) in [6.07, 6.45) is 3.55. The van der Waals surface area contributed by atoms with E-state index < -0.39 is 21.2 Å². The fourth-order valence-corrected chi connectivity index (χ4v) is 2.59. The lowest BCUT2D eigenvalue weighted by Crippen LogP contribution is -2.44. The molecular formula is C11H14FNO2S. The molecule has 2 rings (SSSR count). The Hall–Kier alpha value is -0.940. The SMILES string of the molecule is CS(=O)(=O)c1ccc(C2(N)CCC2)c(F)c1. The van der Waals surface area contributed by atoms with Crippen molar-refractivity contribution in [1.82, 2.24) is 0 Å². The third-order valence-electron chi connectivity index (χ3n) is 3.15. The van der Waals surface area contributed by atoms with Gasteiger partial charge >= 0.3 is 0 Å². The summed E-state index contributed by atoms with van der Waals surface area (Å²) in [6, 6.07) is 3.96. The Morgan fingerprint density at radius 1 is 1.38 bits per heavy atom. The van der Waals surface area contributed by atoms with Gasteiger partial charge in [-0.15, -0.1) is 0 Å². The van der Waals surface area contributed by atoms with Crippen LogP contribution in [0, 0.1) is 5.82 Å². The van der Waals surface area contributed by atoms with Crippen LogP contribution in [-0.4, -0.2) is 14.7 Å². The second-order valence-corrected chi connectivity index (χ2v) is 6.44. The van der Waals surface area contributed by atoms with Crippen LogP contribution >= 0.6 is 0 Å². The molecule has 1 aromatic rings. The molecule has 0 atom stereocenters. The minimum Gasteiger partial charge on any atom is -0.321 e. The quantitative estimate of drug-likeness (QED) is 0.857. The van der Waals surface area contributed by atoms with E-state index in [0.29, 0.717) is 5.56 Å². The van der Waals surface area contributed by atoms with E-state index in [9.17, 15) is 12.8 Å². The topological polar surface area (TPSA) is 60.2 Å². The normalized spacial score (nSPS) is 19.2. The zero-order chi connectivity index (χ0) is 12.0. The van der Waals surface area contributed by atoms with Crippen molar-refractivity contribution < 1.29 is 12.8 Å². The molecular weight excluding hydrogens is 229 g/mol. The summed E-state index contributed by atoms with van der Waals surface area (Å²) in [5, 5.41) is 0. The van der Waals surface area contributed by atoms with Crippen molar-refractivity contribution in [3.8, 4) is 0 Å². The van der Waals surface area contributed by atoms with Crippen LogP contribution in [-0.2, 0) is 15.4 Å². The monoisotopic (exact) mass is 243 g/mol. The molecule has 1 aliphatic carbocycles. The zero-order valence-corrected chi connectivity index (χ0v) is 9.85. The smallest absolute Gasteiger partial charge is 0.175 e. The lowest BCUT2D eigenvalue weighted by atomic mass is 9.72. The highest BCUT2D eigenvalue weighted by atomic mass is 32.2. The minimum absolute atomic E-state index is 0.00308. The van der Waals surface area contributed by atoms with Crippen LogP contribution in [0.25, 0.3) is 0 Å². The summed E-state index contributed by atoms with van der Waals surface area (Å²) in [4.78, 5) is -0.00308. The molecule has 16 heavy (non-hydrogen) atoms. The van der Waals surface area contributed by atoms with Gasteiger partial charge in [0.15, 0.2) is 9.84 Å². The highest BCUT2D eigenvalue weighted by Gasteiger charge is 2.36. The maximum atomic E-state index is 13.8. The van der Waals surface area contributed by atoms with E-state index in [4.69, 9.17) is 5.73 Å². The van der Waals surface area contributed by atoms with Crippen molar-refractivity contribution in [2.75, 3.05) is 6.26 Å². The molecule has 0 saturated heterocycles. The standard InChI is InChI=1S/C11H14FNO2S/c1-16(14,15)8-3-4-9(10(12)7-8)11(13)5-2-6-11/h3-4,7H,2,5-6,13H2,1H3. The maximum Gasteiger partial charge on any atom is 0.175 e. The fourth-order valence-electron chi connectivity index (χ4n) is 1.96. The molecule has 0 aromatic heterocycles. The van der Waals surface area contributed by atoms with Gasteiger partial charge in [-0.25, -0.2) is 12.8 Å². The average molecular weight is 243 g/mol. The van der Waals surface area contributed by atoms with Gasteiger partial charge in [0.25, 0.3) is 0 Å². The van der Waals surface area contributed by atoms with E-state index in [2.05, 4.69) is 0 Å². The average Bonchev–Trinajstić information content (AvgIpc) is 2.12. The number of hydrogen-bond donors (Lipinski definition) is 1. The largest absolute Gasteiger partial charge is 0.321 e. The van der Waals surface area contributed by atoms with Crippen molar-refractivity contribution in [1.29, 1.82) is 0 Å². The van der Waals surface area contributed by atoms with E-state index in [-0.39, 0.29) is 4.90 Å². The molecule has 88 valence electrons. The lowest BCUT2D eigenvalue weighted by molar-refractivity contribution is 0.245. The van der Waals surface area contributed by atoms with Gasteiger partial charge in [0.05, 0.1) is 4.90 Å². The molecule has 0 radical (unpaired) electrons. The molecule has 2 N–H and O–H groups in total. The Bertz CT molecular complexity index is 521. The number of rotatable bonds is 2. The lowest BCUT2D eigenvalue weighted by Gasteiger charge is -2.38. The summed E-state index contributed by atoms with van der Waals surface area (Å²) < 4.78 is 36.2. The predicted molar refractivity (Wildman–Crippen MR) is 59.2 cm³/mol. The summed E-state index contributed by atoms with van der Waals surface area (Å²) in [7, 11) is -3.36. The van der Waals surface area contributed by atoms with E-state index >= 15 is 0 Å². The Morgan fingerprint density at radius 2 is 2.00 bits per heavy atom. The van der Waals surface area contributed by atoms with Crippen LogP contribution < -0.4 is 5.73 Å². The predicted octanol–water partition coefficient (Wildman–Crippen LogP) is 1.57. The van der Waals surface area contributed by atoms with Gasteiger partial charge in [0, 0.05) is 17.4 Å². The van der Waals surface area contributed by atoms with Crippen molar-refractivity contribution in [2.24, 2.45) is 5.73 Å². The van der Waals surface area contributed by atoms with Gasteiger partial charge < -0.3 is 5.73 Å². The molecule has 0 unspecified atom stereocenters. The Labute approximate surface area is 94.4 Å². The van der Waals surface area contributed by atoms with Gasteiger partial charge in [-0.1, -0.05) is 6.07 Å². The maximum absolute atomic E-state index is 13.8. The van der Waals surface area contributed by atoms with Gasteiger partial charge in [-0.3, -0.25) is 0 Å². The second kappa shape index (κ2) is 3.53. The van der Waals surface area contributed by atoms with E-state index in [0.717, 1.165) is 31.6 Å². The molecule has 0 heterocycles. The van der Waals surface area contributed by atoms with Crippen LogP contribution in [0.3, 0.4) is 0 Å². The van der Waals surface area contributed by atoms with E-state index in [1.54, 1.807) is 0 Å². The number of halogens is 1. The van der Waals surface area contributed by atoms with Crippen LogP contribution in [0.15, 0.2) is 23.1 Å². The van der Waals surface area contributed by atoms with Gasteiger partial charge in [-0.2, -0.15) is 0 Å². The fraction of sp³-hybridized carbons (Fsp3) is 0.455. The molecule has 1 fully saturated rings. The van der Waals surface area contributed by atoms with E-state index in [1.165, 1.54) is 12.1 Å². The number of benzene rings is 1. The first kappa shape index (κ1) is 11.5. The molecule has 3 nitrogen and oxygen atoms in total. The molecule has 0 amide bonds. The molecule has 5 heteroatoms. The summed E-state index contributed by atoms with van der Waals surface area (Å²) in [5.41, 5.74) is 5.82. The first-order valence-corrected chi connectivity index (χ1v) is 7.01. The van der Waals surface area contributed by atoms with E-state index in [1.807, 2.05) is 0 Å². The van der Waals surface area contributed by atoms with Crippen LogP contribution in [0.1, 0.15) is 24.8 Å². The summed E-state index contributed by atoms with van der Waals surface area (Å²) in [5.74, 6) is -0.523. The summed E-state index contributed by atoms with van der Waals surface area (Å²) >= 11 is 0. The van der Waals surface area contributed by atoms with Gasteiger partial charge in [0.1, 0.15) is 5.82 Å². The number of sulfone groups is 1. The molecule has 1 aromatic carbocycles. The Balaban J connectivity index is 2.45. The van der Waals surface area contributed by atoms with Crippen molar-refractivity contribution >= 4 is 9.84 Å². The molecule has 0 bridgehead atoms. The number of hydrogen-bond acceptors (Lipinski definition) is 3. The third kappa shape index (κ3) is 1.85. The zero-order valence-electron chi connectivity index (χ0n) is 9.03. The Kier molecular flexibility index (Phi) is 2.55. The van der Waals surface area contributed by atoms with Crippen molar-refractivity contribution in [2.45, 2.75) is 29.7 Å². The first-order chi connectivity index (χ1) is 7.33.